The minimum atomic E-state index is -0.0844. The third-order valence-corrected chi connectivity index (χ3v) is 4.85. The molecule has 6 heteroatoms. The molecule has 1 aliphatic rings. The Balaban J connectivity index is 1.63. The first-order valence-electron chi connectivity index (χ1n) is 8.74. The van der Waals surface area contributed by atoms with Crippen LogP contribution in [0.5, 0.6) is 0 Å². The Hall–Kier alpha value is -2.34. The zero-order valence-corrected chi connectivity index (χ0v) is 14.9. The van der Waals surface area contributed by atoms with E-state index in [-0.39, 0.29) is 11.4 Å². The van der Waals surface area contributed by atoms with Gasteiger partial charge in [0.25, 0.3) is 0 Å². The molecule has 0 spiro atoms. The maximum atomic E-state index is 12.7. The van der Waals surface area contributed by atoms with Crippen LogP contribution in [0.3, 0.4) is 0 Å². The Morgan fingerprint density at radius 1 is 1.32 bits per heavy atom. The monoisotopic (exact) mass is 342 g/mol. The molecule has 0 saturated carbocycles. The van der Waals surface area contributed by atoms with E-state index in [1.807, 2.05) is 23.2 Å². The molecule has 134 valence electrons. The summed E-state index contributed by atoms with van der Waals surface area (Å²) in [5.74, 6) is 0.577. The quantitative estimate of drug-likeness (QED) is 0.908. The first kappa shape index (κ1) is 17.5. The fraction of sp³-hybridized carbons (Fsp3) is 0.474. The zero-order chi connectivity index (χ0) is 17.7. The number of likely N-dealkylation sites (tertiary alicyclic amines) is 1. The summed E-state index contributed by atoms with van der Waals surface area (Å²) in [5.41, 5.74) is 1.28. The third-order valence-electron chi connectivity index (χ3n) is 4.85. The van der Waals surface area contributed by atoms with E-state index in [4.69, 9.17) is 4.74 Å². The van der Waals surface area contributed by atoms with Gasteiger partial charge < -0.3 is 9.64 Å². The molecule has 1 aromatic heterocycles. The van der Waals surface area contributed by atoms with E-state index in [0.29, 0.717) is 25.5 Å². The van der Waals surface area contributed by atoms with Crippen molar-refractivity contribution in [2.75, 3.05) is 32.1 Å². The summed E-state index contributed by atoms with van der Waals surface area (Å²) in [4.78, 5) is 14.5. The van der Waals surface area contributed by atoms with Gasteiger partial charge in [-0.05, 0) is 18.4 Å². The van der Waals surface area contributed by atoms with Gasteiger partial charge >= 0.3 is 6.03 Å². The number of hydrogen-bond acceptors (Lipinski definition) is 3. The molecule has 1 aromatic carbocycles. The van der Waals surface area contributed by atoms with Crippen molar-refractivity contribution < 1.29 is 9.53 Å². The Morgan fingerprint density at radius 3 is 2.88 bits per heavy atom. The summed E-state index contributed by atoms with van der Waals surface area (Å²) in [6.07, 6.45) is 3.94. The van der Waals surface area contributed by atoms with Crippen LogP contribution >= 0.6 is 0 Å². The van der Waals surface area contributed by atoms with Crippen LogP contribution in [0.2, 0.25) is 0 Å². The summed E-state index contributed by atoms with van der Waals surface area (Å²) in [6, 6.07) is 12.2. The fourth-order valence-corrected chi connectivity index (χ4v) is 3.42. The molecule has 6 nitrogen and oxygen atoms in total. The Bertz CT molecular complexity index is 700. The van der Waals surface area contributed by atoms with Gasteiger partial charge in [-0.1, -0.05) is 37.3 Å². The lowest BCUT2D eigenvalue weighted by molar-refractivity contribution is 0.166. The van der Waals surface area contributed by atoms with Crippen LogP contribution < -0.4 is 5.32 Å². The van der Waals surface area contributed by atoms with Crippen LogP contribution in [-0.4, -0.2) is 47.5 Å². The predicted octanol–water partition coefficient (Wildman–Crippen LogP) is 3.12. The van der Waals surface area contributed by atoms with Crippen molar-refractivity contribution in [3.63, 3.8) is 0 Å². The van der Waals surface area contributed by atoms with Gasteiger partial charge in [-0.15, -0.1) is 0 Å². The van der Waals surface area contributed by atoms with Crippen LogP contribution in [0.1, 0.15) is 25.3 Å². The second-order valence-corrected chi connectivity index (χ2v) is 6.84. The number of nitrogens with one attached hydrogen (secondary N) is 1. The molecule has 1 saturated heterocycles. The highest BCUT2D eigenvalue weighted by atomic mass is 16.5. The number of nitrogens with zero attached hydrogens (tertiary/aromatic N) is 3. The Morgan fingerprint density at radius 2 is 2.12 bits per heavy atom. The molecule has 1 atom stereocenters. The summed E-state index contributed by atoms with van der Waals surface area (Å²) >= 11 is 0. The van der Waals surface area contributed by atoms with Gasteiger partial charge in [0.1, 0.15) is 0 Å². The topological polar surface area (TPSA) is 59.4 Å². The summed E-state index contributed by atoms with van der Waals surface area (Å²) < 4.78 is 6.81. The standard InChI is InChI=1S/C19H26N4O2/c1-19(16-7-4-3-5-8-16)10-6-11-22(15-19)18(24)20-17-9-12-23(21-17)13-14-25-2/h3-5,7-9,12H,6,10-11,13-15H2,1-2H3,(H,20,21,24)/t19-/m1/s1. The van der Waals surface area contributed by atoms with E-state index < -0.39 is 0 Å². The number of piperidine rings is 1. The van der Waals surface area contributed by atoms with Gasteiger partial charge in [-0.3, -0.25) is 10.00 Å². The van der Waals surface area contributed by atoms with Crippen molar-refractivity contribution in [2.24, 2.45) is 0 Å². The van der Waals surface area contributed by atoms with Gasteiger partial charge in [-0.2, -0.15) is 5.10 Å². The summed E-state index contributed by atoms with van der Waals surface area (Å²) in [5, 5.41) is 7.27. The third kappa shape index (κ3) is 4.20. The van der Waals surface area contributed by atoms with Crippen molar-refractivity contribution in [3.05, 3.63) is 48.2 Å². The van der Waals surface area contributed by atoms with Crippen molar-refractivity contribution in [3.8, 4) is 0 Å². The Kier molecular flexibility index (Phi) is 5.38. The van der Waals surface area contributed by atoms with Crippen molar-refractivity contribution in [1.82, 2.24) is 14.7 Å². The van der Waals surface area contributed by atoms with E-state index in [2.05, 4.69) is 41.6 Å². The molecular weight excluding hydrogens is 316 g/mol. The molecule has 3 rings (SSSR count). The average Bonchev–Trinajstić information content (AvgIpc) is 3.08. The molecule has 1 aliphatic heterocycles. The number of methoxy groups -OCH3 is 1. The first-order chi connectivity index (χ1) is 12.1. The van der Waals surface area contributed by atoms with Crippen LogP contribution in [0.4, 0.5) is 10.6 Å². The summed E-state index contributed by atoms with van der Waals surface area (Å²) in [6.45, 7) is 4.99. The molecule has 1 fully saturated rings. The van der Waals surface area contributed by atoms with Crippen LogP contribution in [0.25, 0.3) is 0 Å². The first-order valence-corrected chi connectivity index (χ1v) is 8.74. The number of aromatic nitrogens is 2. The predicted molar refractivity (Wildman–Crippen MR) is 97.7 cm³/mol. The van der Waals surface area contributed by atoms with E-state index in [1.165, 1.54) is 5.56 Å². The van der Waals surface area contributed by atoms with Gasteiger partial charge in [0.2, 0.25) is 0 Å². The lowest BCUT2D eigenvalue weighted by atomic mass is 9.76. The van der Waals surface area contributed by atoms with E-state index in [0.717, 1.165) is 19.4 Å². The normalized spacial score (nSPS) is 20.5. The number of urea groups is 1. The maximum absolute atomic E-state index is 12.7. The largest absolute Gasteiger partial charge is 0.383 e. The van der Waals surface area contributed by atoms with Crippen LogP contribution in [0.15, 0.2) is 42.6 Å². The molecular formula is C19H26N4O2. The molecule has 2 aromatic rings. The Labute approximate surface area is 148 Å². The van der Waals surface area contributed by atoms with Gasteiger partial charge in [0.05, 0.1) is 13.2 Å². The molecule has 1 N–H and O–H groups in total. The average molecular weight is 342 g/mol. The molecule has 0 unspecified atom stereocenters. The molecule has 2 amide bonds. The highest BCUT2D eigenvalue weighted by Crippen LogP contribution is 2.33. The minimum Gasteiger partial charge on any atom is -0.383 e. The van der Waals surface area contributed by atoms with Crippen molar-refractivity contribution >= 4 is 11.8 Å². The van der Waals surface area contributed by atoms with Crippen LogP contribution in [0, 0.1) is 0 Å². The number of hydrogen-bond donors (Lipinski definition) is 1. The molecule has 2 heterocycles. The highest BCUT2D eigenvalue weighted by Gasteiger charge is 2.34. The van der Waals surface area contributed by atoms with Crippen molar-refractivity contribution in [1.29, 1.82) is 0 Å². The van der Waals surface area contributed by atoms with Gasteiger partial charge in [0.15, 0.2) is 5.82 Å². The number of rotatable bonds is 5. The minimum absolute atomic E-state index is 0.00528. The number of ether oxygens (including phenoxy) is 1. The van der Waals surface area contributed by atoms with Crippen LogP contribution in [-0.2, 0) is 16.7 Å². The lowest BCUT2D eigenvalue weighted by Crippen LogP contribution is -2.48. The number of anilines is 1. The number of amides is 2. The second kappa shape index (κ2) is 7.70. The summed E-state index contributed by atoms with van der Waals surface area (Å²) in [7, 11) is 1.66. The molecule has 0 radical (unpaired) electrons. The van der Waals surface area contributed by atoms with E-state index >= 15 is 0 Å². The highest BCUT2D eigenvalue weighted by molar-refractivity contribution is 5.88. The zero-order valence-electron chi connectivity index (χ0n) is 14.9. The van der Waals surface area contributed by atoms with E-state index in [1.54, 1.807) is 11.8 Å². The number of carbonyl (C=O) groups excluding carboxylic acids is 1. The number of benzene rings is 1. The molecule has 0 aliphatic carbocycles. The SMILES string of the molecule is COCCn1ccc(NC(=O)N2CCC[C@@](C)(c3ccccc3)C2)n1. The fourth-order valence-electron chi connectivity index (χ4n) is 3.42. The lowest BCUT2D eigenvalue weighted by Gasteiger charge is -2.40. The molecule has 0 bridgehead atoms. The number of carbonyl (C=O) groups is 1. The molecule has 25 heavy (non-hydrogen) atoms. The van der Waals surface area contributed by atoms with Gasteiger partial charge in [0, 0.05) is 37.9 Å². The van der Waals surface area contributed by atoms with Gasteiger partial charge in [-0.25, -0.2) is 4.79 Å². The van der Waals surface area contributed by atoms with E-state index in [9.17, 15) is 4.79 Å². The smallest absolute Gasteiger partial charge is 0.323 e. The maximum Gasteiger partial charge on any atom is 0.323 e. The second-order valence-electron chi connectivity index (χ2n) is 6.84. The van der Waals surface area contributed by atoms with Crippen molar-refractivity contribution in [2.45, 2.75) is 31.7 Å².